The van der Waals surface area contributed by atoms with Crippen LogP contribution in [0.4, 0.5) is 0 Å². The fraction of sp³-hybridized carbons (Fsp3) is 0.0909. The number of nitrogens with one attached hydrogen (secondary N) is 2. The molecule has 3 aromatic heterocycles. The van der Waals surface area contributed by atoms with Crippen LogP contribution in [0, 0.1) is 0 Å². The maximum atomic E-state index is 12.9. The van der Waals surface area contributed by atoms with Crippen molar-refractivity contribution in [1.82, 2.24) is 15.5 Å². The summed E-state index contributed by atoms with van der Waals surface area (Å²) in [6.07, 6.45) is 0. The summed E-state index contributed by atoms with van der Waals surface area (Å²) in [6.45, 7) is 0.492. The fourth-order valence-electron chi connectivity index (χ4n) is 3.43. The second kappa shape index (κ2) is 7.35. The van der Waals surface area contributed by atoms with Crippen LogP contribution in [0.5, 0.6) is 5.75 Å². The van der Waals surface area contributed by atoms with E-state index in [0.717, 1.165) is 26.4 Å². The SMILES string of the molecule is COc1c(C(=O)NCc2cccs2)ccc2[nH]nc(-c3cc4ccccc4s3)c12. The van der Waals surface area contributed by atoms with Crippen molar-refractivity contribution < 1.29 is 9.53 Å². The largest absolute Gasteiger partial charge is 0.495 e. The van der Waals surface area contributed by atoms with Gasteiger partial charge in [0.05, 0.1) is 35.0 Å². The number of carbonyl (C=O) groups excluding carboxylic acids is 1. The van der Waals surface area contributed by atoms with Crippen LogP contribution in [0.15, 0.2) is 60.0 Å². The highest BCUT2D eigenvalue weighted by atomic mass is 32.1. The van der Waals surface area contributed by atoms with E-state index in [9.17, 15) is 4.79 Å². The molecule has 0 unspecified atom stereocenters. The van der Waals surface area contributed by atoms with E-state index in [0.29, 0.717) is 17.9 Å². The molecule has 0 aliphatic heterocycles. The van der Waals surface area contributed by atoms with E-state index in [1.807, 2.05) is 35.7 Å². The third kappa shape index (κ3) is 3.18. The predicted octanol–water partition coefficient (Wildman–Crippen LogP) is 5.44. The number of hydrogen-bond acceptors (Lipinski definition) is 5. The molecule has 0 saturated carbocycles. The predicted molar refractivity (Wildman–Crippen MR) is 119 cm³/mol. The van der Waals surface area contributed by atoms with Crippen LogP contribution >= 0.6 is 22.7 Å². The zero-order chi connectivity index (χ0) is 19.8. The van der Waals surface area contributed by atoms with E-state index in [2.05, 4.69) is 33.7 Å². The van der Waals surface area contributed by atoms with E-state index in [1.54, 1.807) is 35.8 Å². The third-order valence-electron chi connectivity index (χ3n) is 4.79. The number of aromatic nitrogens is 2. The summed E-state index contributed by atoms with van der Waals surface area (Å²) in [6, 6.07) is 18.0. The lowest BCUT2D eigenvalue weighted by Crippen LogP contribution is -2.22. The van der Waals surface area contributed by atoms with E-state index in [4.69, 9.17) is 4.74 Å². The van der Waals surface area contributed by atoms with Crippen LogP contribution in [-0.4, -0.2) is 23.2 Å². The minimum Gasteiger partial charge on any atom is -0.495 e. The highest BCUT2D eigenvalue weighted by Gasteiger charge is 2.21. The van der Waals surface area contributed by atoms with Crippen molar-refractivity contribution in [3.63, 3.8) is 0 Å². The van der Waals surface area contributed by atoms with Crippen LogP contribution in [-0.2, 0) is 6.54 Å². The minimum atomic E-state index is -0.166. The van der Waals surface area contributed by atoms with Gasteiger partial charge in [0.15, 0.2) is 0 Å². The highest BCUT2D eigenvalue weighted by Crippen LogP contribution is 2.40. The Morgan fingerprint density at radius 3 is 2.86 bits per heavy atom. The Morgan fingerprint density at radius 2 is 2.07 bits per heavy atom. The molecule has 0 radical (unpaired) electrons. The first-order valence-corrected chi connectivity index (χ1v) is 10.8. The number of aromatic amines is 1. The van der Waals surface area contributed by atoms with Gasteiger partial charge in [0.2, 0.25) is 0 Å². The maximum absolute atomic E-state index is 12.9. The van der Waals surface area contributed by atoms with Gasteiger partial charge >= 0.3 is 0 Å². The molecule has 0 saturated heterocycles. The maximum Gasteiger partial charge on any atom is 0.255 e. The Labute approximate surface area is 175 Å². The lowest BCUT2D eigenvalue weighted by atomic mass is 10.1. The van der Waals surface area contributed by atoms with Crippen molar-refractivity contribution in [1.29, 1.82) is 0 Å². The fourth-order valence-corrected chi connectivity index (χ4v) is 5.13. The van der Waals surface area contributed by atoms with Crippen molar-refractivity contribution >= 4 is 49.6 Å². The zero-order valence-electron chi connectivity index (χ0n) is 15.6. The van der Waals surface area contributed by atoms with Crippen molar-refractivity contribution in [3.05, 3.63) is 70.4 Å². The average Bonchev–Trinajstić information content (AvgIpc) is 3.49. The molecule has 5 nitrogen and oxygen atoms in total. The van der Waals surface area contributed by atoms with Crippen LogP contribution < -0.4 is 10.1 Å². The lowest BCUT2D eigenvalue weighted by molar-refractivity contribution is 0.0948. The average molecular weight is 420 g/mol. The number of methoxy groups -OCH3 is 1. The molecule has 2 N–H and O–H groups in total. The number of amides is 1. The number of ether oxygens (including phenoxy) is 1. The van der Waals surface area contributed by atoms with Gasteiger partial charge in [0, 0.05) is 9.58 Å². The van der Waals surface area contributed by atoms with Gasteiger partial charge in [-0.05, 0) is 41.1 Å². The summed E-state index contributed by atoms with van der Waals surface area (Å²) in [5.41, 5.74) is 2.13. The number of thiophene rings is 2. The number of benzene rings is 2. The van der Waals surface area contributed by atoms with Crippen LogP contribution in [0.25, 0.3) is 31.6 Å². The molecule has 0 aliphatic rings. The molecule has 2 aromatic carbocycles. The Bertz CT molecular complexity index is 1290. The van der Waals surface area contributed by atoms with Crippen molar-refractivity contribution in [3.8, 4) is 16.3 Å². The normalized spacial score (nSPS) is 11.2. The third-order valence-corrected chi connectivity index (χ3v) is 6.79. The topological polar surface area (TPSA) is 67.0 Å². The molecule has 5 rings (SSSR count). The molecule has 5 aromatic rings. The van der Waals surface area contributed by atoms with Gasteiger partial charge in [-0.2, -0.15) is 5.10 Å². The van der Waals surface area contributed by atoms with E-state index in [-0.39, 0.29) is 5.91 Å². The summed E-state index contributed by atoms with van der Waals surface area (Å²) < 4.78 is 6.89. The summed E-state index contributed by atoms with van der Waals surface area (Å²) in [5.74, 6) is 0.369. The molecule has 144 valence electrons. The van der Waals surface area contributed by atoms with Crippen molar-refractivity contribution in [2.45, 2.75) is 6.54 Å². The first kappa shape index (κ1) is 17.9. The Morgan fingerprint density at radius 1 is 1.17 bits per heavy atom. The molecular formula is C22H17N3O2S2. The van der Waals surface area contributed by atoms with Gasteiger partial charge in [0.25, 0.3) is 5.91 Å². The Hall–Kier alpha value is -3.16. The lowest BCUT2D eigenvalue weighted by Gasteiger charge is -2.10. The molecule has 7 heteroatoms. The molecule has 3 heterocycles. The first-order chi connectivity index (χ1) is 14.2. The van der Waals surface area contributed by atoms with E-state index < -0.39 is 0 Å². The zero-order valence-corrected chi connectivity index (χ0v) is 17.2. The molecule has 0 atom stereocenters. The number of fused-ring (bicyclic) bond motifs is 2. The second-order valence-electron chi connectivity index (χ2n) is 6.55. The van der Waals surface area contributed by atoms with Crippen LogP contribution in [0.2, 0.25) is 0 Å². The van der Waals surface area contributed by atoms with Gasteiger partial charge in [0.1, 0.15) is 11.4 Å². The molecule has 0 bridgehead atoms. The van der Waals surface area contributed by atoms with E-state index >= 15 is 0 Å². The smallest absolute Gasteiger partial charge is 0.255 e. The van der Waals surface area contributed by atoms with Gasteiger partial charge in [-0.1, -0.05) is 24.3 Å². The first-order valence-electron chi connectivity index (χ1n) is 9.09. The van der Waals surface area contributed by atoms with Gasteiger partial charge in [-0.3, -0.25) is 9.89 Å². The van der Waals surface area contributed by atoms with Crippen molar-refractivity contribution in [2.24, 2.45) is 0 Å². The second-order valence-corrected chi connectivity index (χ2v) is 8.67. The van der Waals surface area contributed by atoms with E-state index in [1.165, 1.54) is 10.1 Å². The molecule has 1 amide bonds. The molecular weight excluding hydrogens is 402 g/mol. The Kier molecular flexibility index (Phi) is 4.54. The molecule has 0 fully saturated rings. The standard InChI is InChI=1S/C22H17N3O2S2/c1-27-21-15(22(26)23-12-14-6-4-10-28-14)8-9-16-19(21)20(25-24-16)18-11-13-5-2-3-7-17(13)29-18/h2-11H,12H2,1H3,(H,23,26)(H,24,25). The minimum absolute atomic E-state index is 0.166. The molecule has 29 heavy (non-hydrogen) atoms. The number of nitrogens with zero attached hydrogens (tertiary/aromatic N) is 1. The van der Waals surface area contributed by atoms with Gasteiger partial charge in [-0.15, -0.1) is 22.7 Å². The molecule has 0 spiro atoms. The number of carbonyl (C=O) groups is 1. The summed E-state index contributed by atoms with van der Waals surface area (Å²) in [7, 11) is 1.59. The number of rotatable bonds is 5. The number of hydrogen-bond donors (Lipinski definition) is 2. The summed E-state index contributed by atoms with van der Waals surface area (Å²) >= 11 is 3.29. The van der Waals surface area contributed by atoms with Crippen LogP contribution in [0.1, 0.15) is 15.2 Å². The number of H-pyrrole nitrogens is 1. The highest BCUT2D eigenvalue weighted by molar-refractivity contribution is 7.22. The molecule has 0 aliphatic carbocycles. The van der Waals surface area contributed by atoms with Crippen LogP contribution in [0.3, 0.4) is 0 Å². The van der Waals surface area contributed by atoms with Gasteiger partial charge < -0.3 is 10.1 Å². The van der Waals surface area contributed by atoms with Crippen molar-refractivity contribution in [2.75, 3.05) is 7.11 Å². The van der Waals surface area contributed by atoms with Gasteiger partial charge in [-0.25, -0.2) is 0 Å². The Balaban J connectivity index is 1.58. The monoisotopic (exact) mass is 419 g/mol. The quantitative estimate of drug-likeness (QED) is 0.398. The summed E-state index contributed by atoms with van der Waals surface area (Å²) in [5, 5.41) is 14.6. The summed E-state index contributed by atoms with van der Waals surface area (Å²) in [4.78, 5) is 15.0.